The predicted octanol–water partition coefficient (Wildman–Crippen LogP) is 2.45. The van der Waals surface area contributed by atoms with Crippen molar-refractivity contribution in [3.05, 3.63) is 30.1 Å². The van der Waals surface area contributed by atoms with Crippen LogP contribution < -0.4 is 0 Å². The maximum Gasteiger partial charge on any atom is 0.303 e. The second-order valence-electron chi connectivity index (χ2n) is 5.89. The molecule has 1 aliphatic rings. The summed E-state index contributed by atoms with van der Waals surface area (Å²) in [7, 11) is 0. The lowest BCUT2D eigenvalue weighted by Crippen LogP contribution is -2.39. The Balaban J connectivity index is 1.80. The lowest BCUT2D eigenvalue weighted by Gasteiger charge is -2.35. The Morgan fingerprint density at radius 1 is 1.60 bits per heavy atom. The molecule has 0 radical (unpaired) electrons. The van der Waals surface area contributed by atoms with Gasteiger partial charge in [-0.25, -0.2) is 0 Å². The van der Waals surface area contributed by atoms with Crippen LogP contribution in [0.25, 0.3) is 0 Å². The third-order valence-corrected chi connectivity index (χ3v) is 4.28. The molecular formula is C16H24N2O2. The van der Waals surface area contributed by atoms with Crippen LogP contribution in [0.3, 0.4) is 0 Å². The first-order chi connectivity index (χ1) is 9.65. The van der Waals surface area contributed by atoms with Crippen LogP contribution in [-0.2, 0) is 11.2 Å². The fraction of sp³-hybridized carbons (Fsp3) is 0.625. The number of carboxylic acid groups (broad SMARTS) is 1. The van der Waals surface area contributed by atoms with Crippen molar-refractivity contribution >= 4 is 5.97 Å². The minimum Gasteiger partial charge on any atom is -0.481 e. The van der Waals surface area contributed by atoms with Gasteiger partial charge in [0.1, 0.15) is 0 Å². The lowest BCUT2D eigenvalue weighted by molar-refractivity contribution is -0.138. The number of nitrogens with zero attached hydrogens (tertiary/aromatic N) is 2. The van der Waals surface area contributed by atoms with Gasteiger partial charge in [-0.2, -0.15) is 0 Å². The largest absolute Gasteiger partial charge is 0.481 e. The molecule has 0 aliphatic carbocycles. The van der Waals surface area contributed by atoms with E-state index in [0.717, 1.165) is 32.5 Å². The van der Waals surface area contributed by atoms with E-state index in [0.29, 0.717) is 12.3 Å². The maximum absolute atomic E-state index is 10.8. The molecular weight excluding hydrogens is 252 g/mol. The van der Waals surface area contributed by atoms with E-state index in [1.54, 1.807) is 6.20 Å². The van der Waals surface area contributed by atoms with Crippen molar-refractivity contribution < 1.29 is 9.90 Å². The fourth-order valence-corrected chi connectivity index (χ4v) is 3.03. The first-order valence-electron chi connectivity index (χ1n) is 7.48. The molecule has 1 fully saturated rings. The predicted molar refractivity (Wildman–Crippen MR) is 78.5 cm³/mol. The molecule has 4 heteroatoms. The van der Waals surface area contributed by atoms with E-state index in [9.17, 15) is 4.79 Å². The van der Waals surface area contributed by atoms with Gasteiger partial charge in [0, 0.05) is 31.9 Å². The van der Waals surface area contributed by atoms with E-state index in [4.69, 9.17) is 5.11 Å². The molecule has 2 heterocycles. The quantitative estimate of drug-likeness (QED) is 0.867. The molecule has 0 spiro atoms. The van der Waals surface area contributed by atoms with Crippen LogP contribution in [0.4, 0.5) is 0 Å². The molecule has 0 amide bonds. The number of carboxylic acids is 1. The highest BCUT2D eigenvalue weighted by atomic mass is 16.4. The molecule has 0 aromatic carbocycles. The summed E-state index contributed by atoms with van der Waals surface area (Å²) in [5.41, 5.74) is 1.27. The number of aliphatic carboxylic acids is 1. The smallest absolute Gasteiger partial charge is 0.303 e. The van der Waals surface area contributed by atoms with E-state index < -0.39 is 5.97 Å². The lowest BCUT2D eigenvalue weighted by atomic mass is 9.84. The van der Waals surface area contributed by atoms with Crippen molar-refractivity contribution in [3.8, 4) is 0 Å². The molecule has 1 aromatic heterocycles. The number of pyridine rings is 1. The zero-order valence-electron chi connectivity index (χ0n) is 12.2. The maximum atomic E-state index is 10.8. The van der Waals surface area contributed by atoms with E-state index in [1.807, 2.05) is 12.3 Å². The van der Waals surface area contributed by atoms with Gasteiger partial charge in [-0.15, -0.1) is 0 Å². The minimum absolute atomic E-state index is 0.272. The van der Waals surface area contributed by atoms with Gasteiger partial charge in [-0.1, -0.05) is 13.0 Å². The summed E-state index contributed by atoms with van der Waals surface area (Å²) in [5.74, 6) is 0.118. The monoisotopic (exact) mass is 276 g/mol. The average molecular weight is 276 g/mol. The zero-order valence-corrected chi connectivity index (χ0v) is 12.2. The molecule has 4 nitrogen and oxygen atoms in total. The van der Waals surface area contributed by atoms with Crippen LogP contribution in [-0.4, -0.2) is 40.6 Å². The molecule has 2 rings (SSSR count). The zero-order chi connectivity index (χ0) is 14.4. The molecule has 2 atom stereocenters. The Hall–Kier alpha value is -1.42. The van der Waals surface area contributed by atoms with E-state index in [-0.39, 0.29) is 5.92 Å². The Morgan fingerprint density at radius 3 is 3.15 bits per heavy atom. The normalized spacial score (nSPS) is 21.6. The molecule has 2 unspecified atom stereocenters. The van der Waals surface area contributed by atoms with E-state index in [1.165, 1.54) is 12.0 Å². The topological polar surface area (TPSA) is 53.4 Å². The van der Waals surface area contributed by atoms with E-state index >= 15 is 0 Å². The van der Waals surface area contributed by atoms with Crippen molar-refractivity contribution in [3.63, 3.8) is 0 Å². The summed E-state index contributed by atoms with van der Waals surface area (Å²) in [5, 5.41) is 8.91. The highest BCUT2D eigenvalue weighted by molar-refractivity contribution is 5.67. The summed E-state index contributed by atoms with van der Waals surface area (Å²) in [6.07, 6.45) is 7.39. The molecule has 1 aromatic rings. The number of rotatable bonds is 6. The Labute approximate surface area is 120 Å². The third-order valence-electron chi connectivity index (χ3n) is 4.28. The second kappa shape index (κ2) is 7.39. The molecule has 110 valence electrons. The molecule has 1 aliphatic heterocycles. The van der Waals surface area contributed by atoms with Gasteiger partial charge in [0.2, 0.25) is 0 Å². The molecule has 0 saturated carbocycles. The summed E-state index contributed by atoms with van der Waals surface area (Å²) in [6, 6.07) is 4.09. The number of hydrogen-bond donors (Lipinski definition) is 1. The molecule has 1 saturated heterocycles. The molecule has 1 N–H and O–H groups in total. The van der Waals surface area contributed by atoms with Crippen LogP contribution >= 0.6 is 0 Å². The van der Waals surface area contributed by atoms with E-state index in [2.05, 4.69) is 22.9 Å². The van der Waals surface area contributed by atoms with Crippen LogP contribution in [0.5, 0.6) is 0 Å². The van der Waals surface area contributed by atoms with Crippen LogP contribution in [0, 0.1) is 11.8 Å². The van der Waals surface area contributed by atoms with Crippen LogP contribution in [0.1, 0.15) is 31.7 Å². The van der Waals surface area contributed by atoms with Crippen LogP contribution in [0.2, 0.25) is 0 Å². The SMILES string of the molecule is CC(CC(=O)O)C1CCCN(CCc2cccnc2)C1. The Kier molecular flexibility index (Phi) is 5.53. The third kappa shape index (κ3) is 4.60. The van der Waals surface area contributed by atoms with Crippen molar-refractivity contribution in [2.75, 3.05) is 19.6 Å². The Bertz CT molecular complexity index is 422. The summed E-state index contributed by atoms with van der Waals surface area (Å²) in [6.45, 7) is 5.29. The van der Waals surface area contributed by atoms with Crippen LogP contribution in [0.15, 0.2) is 24.5 Å². The molecule has 20 heavy (non-hydrogen) atoms. The Morgan fingerprint density at radius 2 is 2.45 bits per heavy atom. The van der Waals surface area contributed by atoms with Gasteiger partial charge in [-0.3, -0.25) is 9.78 Å². The van der Waals surface area contributed by atoms with Gasteiger partial charge >= 0.3 is 5.97 Å². The number of aromatic nitrogens is 1. The van der Waals surface area contributed by atoms with Crippen molar-refractivity contribution in [2.24, 2.45) is 11.8 Å². The van der Waals surface area contributed by atoms with Gasteiger partial charge in [0.15, 0.2) is 0 Å². The average Bonchev–Trinajstić information content (AvgIpc) is 2.46. The first-order valence-corrected chi connectivity index (χ1v) is 7.48. The first kappa shape index (κ1) is 15.0. The number of likely N-dealkylation sites (tertiary alicyclic amines) is 1. The highest BCUT2D eigenvalue weighted by Crippen LogP contribution is 2.26. The summed E-state index contributed by atoms with van der Waals surface area (Å²) in [4.78, 5) is 17.4. The van der Waals surface area contributed by atoms with Crippen molar-refractivity contribution in [2.45, 2.75) is 32.6 Å². The van der Waals surface area contributed by atoms with Crippen molar-refractivity contribution in [1.82, 2.24) is 9.88 Å². The second-order valence-corrected chi connectivity index (χ2v) is 5.89. The standard InChI is InChI=1S/C16H24N2O2/c1-13(10-16(19)20)15-5-3-8-18(12-15)9-6-14-4-2-7-17-11-14/h2,4,7,11,13,15H,3,5-6,8-10,12H2,1H3,(H,19,20). The highest BCUT2D eigenvalue weighted by Gasteiger charge is 2.25. The fourth-order valence-electron chi connectivity index (χ4n) is 3.03. The number of hydrogen-bond acceptors (Lipinski definition) is 3. The summed E-state index contributed by atoms with van der Waals surface area (Å²) < 4.78 is 0. The number of carbonyl (C=O) groups is 1. The van der Waals surface area contributed by atoms with Gasteiger partial charge in [0.05, 0.1) is 0 Å². The summed E-state index contributed by atoms with van der Waals surface area (Å²) >= 11 is 0. The van der Waals surface area contributed by atoms with Crippen molar-refractivity contribution in [1.29, 1.82) is 0 Å². The minimum atomic E-state index is -0.676. The molecule has 0 bridgehead atoms. The van der Waals surface area contributed by atoms with Gasteiger partial charge in [0.25, 0.3) is 0 Å². The number of piperidine rings is 1. The van der Waals surface area contributed by atoms with Gasteiger partial charge < -0.3 is 10.0 Å². The van der Waals surface area contributed by atoms with Gasteiger partial charge in [-0.05, 0) is 49.3 Å².